The van der Waals surface area contributed by atoms with Crippen molar-refractivity contribution < 1.29 is 14.3 Å². The predicted molar refractivity (Wildman–Crippen MR) is 143 cm³/mol. The number of anilines is 4. The summed E-state index contributed by atoms with van der Waals surface area (Å²) in [6.07, 6.45) is 0. The summed E-state index contributed by atoms with van der Waals surface area (Å²) in [5.74, 6) is 1.44. The fraction of sp³-hybridized carbons (Fsp3) is 0.346. The van der Waals surface area contributed by atoms with Gasteiger partial charge in [-0.05, 0) is 36.8 Å². The SMILES string of the molecule is C/C(=N/Nc1nc(N2CCOCC2)nc(N2CCOCC2)n1)c1ccc(NC(=O)c2ccccc2)cc1. The smallest absolute Gasteiger partial charge is 0.255 e. The van der Waals surface area contributed by atoms with Crippen molar-refractivity contribution >= 4 is 35.2 Å². The highest BCUT2D eigenvalue weighted by Crippen LogP contribution is 2.19. The van der Waals surface area contributed by atoms with Gasteiger partial charge in [0.2, 0.25) is 17.8 Å². The number of morpholine rings is 2. The largest absolute Gasteiger partial charge is 0.378 e. The second kappa shape index (κ2) is 11.8. The van der Waals surface area contributed by atoms with E-state index >= 15 is 0 Å². The number of rotatable bonds is 7. The highest BCUT2D eigenvalue weighted by atomic mass is 16.5. The molecule has 5 rings (SSSR count). The first-order valence-electron chi connectivity index (χ1n) is 12.3. The van der Waals surface area contributed by atoms with Gasteiger partial charge in [-0.1, -0.05) is 30.3 Å². The molecule has 3 heterocycles. The number of carbonyl (C=O) groups is 1. The van der Waals surface area contributed by atoms with Crippen LogP contribution in [0.25, 0.3) is 0 Å². The first kappa shape index (κ1) is 24.6. The number of hydrogen-bond acceptors (Lipinski definition) is 10. The lowest BCUT2D eigenvalue weighted by Crippen LogP contribution is -2.40. The summed E-state index contributed by atoms with van der Waals surface area (Å²) in [6, 6.07) is 16.6. The first-order valence-corrected chi connectivity index (χ1v) is 12.3. The average Bonchev–Trinajstić information content (AvgIpc) is 2.97. The molecule has 0 bridgehead atoms. The molecule has 0 atom stereocenters. The van der Waals surface area contributed by atoms with Crippen molar-refractivity contribution in [3.05, 3.63) is 65.7 Å². The minimum atomic E-state index is -0.151. The maximum Gasteiger partial charge on any atom is 0.255 e. The molecule has 37 heavy (non-hydrogen) atoms. The van der Waals surface area contributed by atoms with E-state index in [4.69, 9.17) is 14.5 Å². The summed E-state index contributed by atoms with van der Waals surface area (Å²) in [5, 5.41) is 7.42. The number of nitrogens with one attached hydrogen (secondary N) is 2. The molecule has 0 saturated carbocycles. The minimum Gasteiger partial charge on any atom is -0.378 e. The Hall–Kier alpha value is -4.09. The minimum absolute atomic E-state index is 0.151. The molecule has 192 valence electrons. The molecule has 0 aliphatic carbocycles. The quantitative estimate of drug-likeness (QED) is 0.371. The van der Waals surface area contributed by atoms with Gasteiger partial charge in [0, 0.05) is 37.4 Å². The molecule has 11 heteroatoms. The van der Waals surface area contributed by atoms with E-state index < -0.39 is 0 Å². The molecule has 0 unspecified atom stereocenters. The standard InChI is InChI=1S/C26H30N8O3/c1-19(20-7-9-22(10-8-20)27-23(35)21-5-3-2-4-6-21)31-32-24-28-25(33-11-15-36-16-12-33)30-26(29-24)34-13-17-37-18-14-34/h2-10H,11-18H2,1H3,(H,27,35)(H,28,29,30,32)/b31-19-. The van der Waals surface area contributed by atoms with Crippen molar-refractivity contribution in [2.24, 2.45) is 5.10 Å². The summed E-state index contributed by atoms with van der Waals surface area (Å²) in [4.78, 5) is 30.5. The summed E-state index contributed by atoms with van der Waals surface area (Å²) >= 11 is 0. The van der Waals surface area contributed by atoms with Gasteiger partial charge in [0.1, 0.15) is 0 Å². The molecule has 3 aromatic rings. The zero-order valence-corrected chi connectivity index (χ0v) is 20.8. The lowest BCUT2D eigenvalue weighted by molar-refractivity contribution is 0.102. The Morgan fingerprint density at radius 3 is 1.92 bits per heavy atom. The van der Waals surface area contributed by atoms with Crippen molar-refractivity contribution in [2.75, 3.05) is 73.1 Å². The van der Waals surface area contributed by atoms with Gasteiger partial charge in [0.15, 0.2) is 0 Å². The third-order valence-electron chi connectivity index (χ3n) is 6.12. The molecule has 1 amide bonds. The zero-order chi connectivity index (χ0) is 25.5. The molecule has 2 N–H and O–H groups in total. The second-order valence-electron chi connectivity index (χ2n) is 8.66. The van der Waals surface area contributed by atoms with Crippen LogP contribution in [0.1, 0.15) is 22.8 Å². The zero-order valence-electron chi connectivity index (χ0n) is 20.8. The fourth-order valence-electron chi connectivity index (χ4n) is 4.00. The topological polar surface area (TPSA) is 117 Å². The van der Waals surface area contributed by atoms with Gasteiger partial charge in [-0.3, -0.25) is 4.79 Å². The van der Waals surface area contributed by atoms with Crippen LogP contribution in [0.3, 0.4) is 0 Å². The van der Waals surface area contributed by atoms with E-state index in [1.165, 1.54) is 0 Å². The molecule has 0 radical (unpaired) electrons. The maximum atomic E-state index is 12.4. The molecule has 1 aromatic heterocycles. The van der Waals surface area contributed by atoms with E-state index in [2.05, 4.69) is 35.6 Å². The van der Waals surface area contributed by atoms with E-state index in [0.29, 0.717) is 55.5 Å². The average molecular weight is 503 g/mol. The Balaban J connectivity index is 1.29. The number of amides is 1. The van der Waals surface area contributed by atoms with E-state index in [-0.39, 0.29) is 5.91 Å². The van der Waals surface area contributed by atoms with Gasteiger partial charge in [0.25, 0.3) is 5.91 Å². The van der Waals surface area contributed by atoms with Crippen LogP contribution in [0.2, 0.25) is 0 Å². The highest BCUT2D eigenvalue weighted by Gasteiger charge is 2.20. The molecular weight excluding hydrogens is 472 g/mol. The molecule has 11 nitrogen and oxygen atoms in total. The lowest BCUT2D eigenvalue weighted by atomic mass is 10.1. The molecular formula is C26H30N8O3. The second-order valence-corrected chi connectivity index (χ2v) is 8.66. The molecule has 2 saturated heterocycles. The van der Waals surface area contributed by atoms with Crippen LogP contribution in [-0.2, 0) is 9.47 Å². The third kappa shape index (κ3) is 6.38. The number of carbonyl (C=O) groups excluding carboxylic acids is 1. The summed E-state index contributed by atoms with van der Waals surface area (Å²) in [5.41, 5.74) is 5.99. The van der Waals surface area contributed by atoms with Gasteiger partial charge in [-0.15, -0.1) is 0 Å². The van der Waals surface area contributed by atoms with E-state index in [9.17, 15) is 4.79 Å². The highest BCUT2D eigenvalue weighted by molar-refractivity contribution is 6.04. The first-order chi connectivity index (χ1) is 18.2. The van der Waals surface area contributed by atoms with Crippen LogP contribution in [0.5, 0.6) is 0 Å². The molecule has 2 aromatic carbocycles. The van der Waals surface area contributed by atoms with Crippen LogP contribution in [0, 0.1) is 0 Å². The van der Waals surface area contributed by atoms with Gasteiger partial charge >= 0.3 is 0 Å². The maximum absolute atomic E-state index is 12.4. The number of hydrogen-bond donors (Lipinski definition) is 2. The fourth-order valence-corrected chi connectivity index (χ4v) is 4.00. The van der Waals surface area contributed by atoms with Gasteiger partial charge in [-0.25, -0.2) is 5.43 Å². The monoisotopic (exact) mass is 502 g/mol. The lowest BCUT2D eigenvalue weighted by Gasteiger charge is -2.30. The Morgan fingerprint density at radius 1 is 0.784 bits per heavy atom. The summed E-state index contributed by atoms with van der Waals surface area (Å²) < 4.78 is 11.0. The third-order valence-corrected chi connectivity index (χ3v) is 6.12. The number of nitrogens with zero attached hydrogens (tertiary/aromatic N) is 6. The van der Waals surface area contributed by atoms with Crippen LogP contribution in [0.4, 0.5) is 23.5 Å². The van der Waals surface area contributed by atoms with Gasteiger partial charge < -0.3 is 24.6 Å². The van der Waals surface area contributed by atoms with Crippen molar-refractivity contribution in [2.45, 2.75) is 6.92 Å². The van der Waals surface area contributed by atoms with Crippen molar-refractivity contribution in [3.63, 3.8) is 0 Å². The number of hydrazone groups is 1. The Labute approximate surface area is 215 Å². The van der Waals surface area contributed by atoms with Crippen molar-refractivity contribution in [1.29, 1.82) is 0 Å². The normalized spacial score (nSPS) is 16.4. The Kier molecular flexibility index (Phi) is 7.82. The van der Waals surface area contributed by atoms with Crippen LogP contribution in [-0.4, -0.2) is 79.2 Å². The van der Waals surface area contributed by atoms with Crippen LogP contribution < -0.4 is 20.5 Å². The predicted octanol–water partition coefficient (Wildman–Crippen LogP) is 2.63. The molecule has 2 aliphatic rings. The summed E-state index contributed by atoms with van der Waals surface area (Å²) in [7, 11) is 0. The van der Waals surface area contributed by atoms with Crippen molar-refractivity contribution in [3.8, 4) is 0 Å². The van der Waals surface area contributed by atoms with Crippen molar-refractivity contribution in [1.82, 2.24) is 15.0 Å². The molecule has 0 spiro atoms. The van der Waals surface area contributed by atoms with Gasteiger partial charge in [0.05, 0.1) is 32.1 Å². The van der Waals surface area contributed by atoms with E-state index in [1.54, 1.807) is 12.1 Å². The number of benzene rings is 2. The molecule has 2 fully saturated rings. The van der Waals surface area contributed by atoms with E-state index in [0.717, 1.165) is 37.5 Å². The summed E-state index contributed by atoms with van der Waals surface area (Å²) in [6.45, 7) is 7.35. The van der Waals surface area contributed by atoms with E-state index in [1.807, 2.05) is 49.4 Å². The Bertz CT molecular complexity index is 1190. The number of ether oxygens (including phenoxy) is 2. The van der Waals surface area contributed by atoms with Gasteiger partial charge in [-0.2, -0.15) is 20.1 Å². The van der Waals surface area contributed by atoms with Crippen LogP contribution >= 0.6 is 0 Å². The number of aromatic nitrogens is 3. The Morgan fingerprint density at radius 2 is 1.35 bits per heavy atom. The molecule has 2 aliphatic heterocycles. The van der Waals surface area contributed by atoms with Crippen LogP contribution in [0.15, 0.2) is 59.7 Å².